The molecule has 0 saturated heterocycles. The number of benzene rings is 4. The zero-order chi connectivity index (χ0) is 22.3. The van der Waals surface area contributed by atoms with Crippen LogP contribution < -0.4 is 0 Å². The van der Waals surface area contributed by atoms with E-state index in [-0.39, 0.29) is 10.8 Å². The lowest BCUT2D eigenvalue weighted by Crippen LogP contribution is -2.59. The minimum absolute atomic E-state index is 0.104. The summed E-state index contributed by atoms with van der Waals surface area (Å²) in [6.45, 7) is 8.98. The standard InChI is InChI=1S/C32H32/c1-23-15-17-29(25(3)21-23)31(27-11-7-5-8-12-27)19-20-32(31,28-13-9-6-10-14-28)30-18-16-24(2)22-26(30)4/h5-18,21-22H,19-20H2,1-4H3. The van der Waals surface area contributed by atoms with E-state index >= 15 is 0 Å². The predicted octanol–water partition coefficient (Wildman–Crippen LogP) is 7.99. The Labute approximate surface area is 193 Å². The lowest BCUT2D eigenvalue weighted by atomic mass is 9.40. The van der Waals surface area contributed by atoms with Gasteiger partial charge in [0.05, 0.1) is 0 Å². The van der Waals surface area contributed by atoms with Gasteiger partial charge in [-0.3, -0.25) is 0 Å². The van der Waals surface area contributed by atoms with Crippen molar-refractivity contribution in [2.24, 2.45) is 0 Å². The van der Waals surface area contributed by atoms with Gasteiger partial charge in [0.25, 0.3) is 0 Å². The summed E-state index contributed by atoms with van der Waals surface area (Å²) in [6, 6.07) is 36.6. The van der Waals surface area contributed by atoms with E-state index < -0.39 is 0 Å². The molecule has 1 saturated carbocycles. The fourth-order valence-electron chi connectivity index (χ4n) is 6.48. The van der Waals surface area contributed by atoms with Crippen LogP contribution in [0.5, 0.6) is 0 Å². The number of rotatable bonds is 4. The lowest BCUT2D eigenvalue weighted by Gasteiger charge is -2.62. The van der Waals surface area contributed by atoms with Crippen molar-refractivity contribution in [2.75, 3.05) is 0 Å². The molecule has 0 heteroatoms. The van der Waals surface area contributed by atoms with Gasteiger partial charge in [-0.15, -0.1) is 0 Å². The molecule has 0 radical (unpaired) electrons. The van der Waals surface area contributed by atoms with Crippen molar-refractivity contribution in [3.63, 3.8) is 0 Å². The normalized spacial score (nSPS) is 22.4. The molecule has 1 aliphatic rings. The molecule has 160 valence electrons. The molecule has 1 fully saturated rings. The molecule has 4 aromatic carbocycles. The summed E-state index contributed by atoms with van der Waals surface area (Å²) in [5.41, 5.74) is 11.0. The molecule has 5 rings (SSSR count). The van der Waals surface area contributed by atoms with Crippen molar-refractivity contribution in [3.8, 4) is 0 Å². The van der Waals surface area contributed by atoms with Crippen molar-refractivity contribution >= 4 is 0 Å². The van der Waals surface area contributed by atoms with Gasteiger partial charge in [0.2, 0.25) is 0 Å². The monoisotopic (exact) mass is 416 g/mol. The van der Waals surface area contributed by atoms with Gasteiger partial charge in [0.15, 0.2) is 0 Å². The van der Waals surface area contributed by atoms with Crippen LogP contribution >= 0.6 is 0 Å². The van der Waals surface area contributed by atoms with Crippen molar-refractivity contribution < 1.29 is 0 Å². The first-order valence-electron chi connectivity index (χ1n) is 11.8. The highest BCUT2D eigenvalue weighted by Gasteiger charge is 2.62. The summed E-state index contributed by atoms with van der Waals surface area (Å²) in [7, 11) is 0. The Balaban J connectivity index is 1.91. The van der Waals surface area contributed by atoms with Crippen LogP contribution in [0.3, 0.4) is 0 Å². The van der Waals surface area contributed by atoms with Crippen LogP contribution in [0.1, 0.15) is 57.3 Å². The molecule has 0 amide bonds. The van der Waals surface area contributed by atoms with Gasteiger partial charge in [0.1, 0.15) is 0 Å². The zero-order valence-electron chi connectivity index (χ0n) is 19.7. The quantitative estimate of drug-likeness (QED) is 0.316. The summed E-state index contributed by atoms with van der Waals surface area (Å²) in [5.74, 6) is 0. The van der Waals surface area contributed by atoms with Crippen molar-refractivity contribution in [3.05, 3.63) is 142 Å². The van der Waals surface area contributed by atoms with Gasteiger partial charge in [-0.1, -0.05) is 108 Å². The van der Waals surface area contributed by atoms with E-state index in [9.17, 15) is 0 Å². The number of hydrogen-bond donors (Lipinski definition) is 0. The Bertz CT molecular complexity index is 1150. The molecule has 0 aromatic heterocycles. The maximum absolute atomic E-state index is 2.40. The highest BCUT2D eigenvalue weighted by Crippen LogP contribution is 2.66. The van der Waals surface area contributed by atoms with Crippen molar-refractivity contribution in [1.82, 2.24) is 0 Å². The minimum atomic E-state index is -0.104. The molecule has 2 unspecified atom stereocenters. The smallest absolute Gasteiger partial charge is 0.0343 e. The zero-order valence-corrected chi connectivity index (χ0v) is 19.7. The lowest BCUT2D eigenvalue weighted by molar-refractivity contribution is 0.150. The molecule has 0 aliphatic heterocycles. The van der Waals surface area contributed by atoms with E-state index in [0.29, 0.717) is 0 Å². The second kappa shape index (κ2) is 7.78. The molecule has 0 heterocycles. The molecular formula is C32H32. The molecular weight excluding hydrogens is 384 g/mol. The Morgan fingerprint density at radius 3 is 1.16 bits per heavy atom. The Kier molecular flexibility index (Phi) is 5.05. The van der Waals surface area contributed by atoms with Gasteiger partial charge in [-0.2, -0.15) is 0 Å². The topological polar surface area (TPSA) is 0 Å². The Morgan fingerprint density at radius 2 is 0.844 bits per heavy atom. The third-order valence-corrected chi connectivity index (χ3v) is 7.82. The predicted molar refractivity (Wildman–Crippen MR) is 136 cm³/mol. The van der Waals surface area contributed by atoms with E-state index in [1.54, 1.807) is 0 Å². The third-order valence-electron chi connectivity index (χ3n) is 7.82. The van der Waals surface area contributed by atoms with Gasteiger partial charge >= 0.3 is 0 Å². The van der Waals surface area contributed by atoms with E-state index in [4.69, 9.17) is 0 Å². The van der Waals surface area contributed by atoms with Crippen molar-refractivity contribution in [2.45, 2.75) is 51.4 Å². The maximum atomic E-state index is 2.40. The Morgan fingerprint density at radius 1 is 0.469 bits per heavy atom. The average molecular weight is 417 g/mol. The van der Waals surface area contributed by atoms with Crippen LogP contribution in [0.25, 0.3) is 0 Å². The summed E-state index contributed by atoms with van der Waals surface area (Å²) in [4.78, 5) is 0. The van der Waals surface area contributed by atoms with Crippen LogP contribution in [0.2, 0.25) is 0 Å². The van der Waals surface area contributed by atoms with E-state index in [1.165, 1.54) is 44.5 Å². The molecule has 0 nitrogen and oxygen atoms in total. The summed E-state index contributed by atoms with van der Waals surface area (Å²) < 4.78 is 0. The number of hydrogen-bond acceptors (Lipinski definition) is 0. The minimum Gasteiger partial charge on any atom is -0.0622 e. The molecule has 0 spiro atoms. The fourth-order valence-corrected chi connectivity index (χ4v) is 6.48. The fraction of sp³-hybridized carbons (Fsp3) is 0.250. The highest BCUT2D eigenvalue weighted by atomic mass is 14.6. The second-order valence-corrected chi connectivity index (χ2v) is 9.68. The van der Waals surface area contributed by atoms with Crippen LogP contribution in [0.15, 0.2) is 97.1 Å². The average Bonchev–Trinajstić information content (AvgIpc) is 2.78. The highest BCUT2D eigenvalue weighted by molar-refractivity contribution is 5.62. The molecule has 0 N–H and O–H groups in total. The van der Waals surface area contributed by atoms with Gasteiger partial charge < -0.3 is 0 Å². The summed E-state index contributed by atoms with van der Waals surface area (Å²) in [6.07, 6.45) is 2.28. The first-order chi connectivity index (χ1) is 15.5. The van der Waals surface area contributed by atoms with Gasteiger partial charge in [-0.25, -0.2) is 0 Å². The number of aryl methyl sites for hydroxylation is 4. The van der Waals surface area contributed by atoms with Gasteiger partial charge in [0, 0.05) is 10.8 Å². The molecule has 2 atom stereocenters. The van der Waals surface area contributed by atoms with Crippen LogP contribution in [0, 0.1) is 27.7 Å². The Hall–Kier alpha value is -3.12. The van der Waals surface area contributed by atoms with Crippen LogP contribution in [-0.2, 0) is 10.8 Å². The van der Waals surface area contributed by atoms with E-state index in [0.717, 1.165) is 12.8 Å². The third kappa shape index (κ3) is 2.89. The first kappa shape index (κ1) is 20.8. The molecule has 0 bridgehead atoms. The second-order valence-electron chi connectivity index (χ2n) is 9.68. The molecule has 32 heavy (non-hydrogen) atoms. The van der Waals surface area contributed by atoms with E-state index in [2.05, 4.69) is 125 Å². The summed E-state index contributed by atoms with van der Waals surface area (Å²) >= 11 is 0. The van der Waals surface area contributed by atoms with Crippen LogP contribution in [0.4, 0.5) is 0 Å². The SMILES string of the molecule is Cc1ccc(C2(c3ccccc3)CCC2(c2ccccc2)c2ccc(C)cc2C)c(C)c1. The largest absolute Gasteiger partial charge is 0.0622 e. The molecule has 1 aliphatic carbocycles. The maximum Gasteiger partial charge on any atom is 0.0343 e. The first-order valence-corrected chi connectivity index (χ1v) is 11.8. The van der Waals surface area contributed by atoms with E-state index in [1.807, 2.05) is 0 Å². The van der Waals surface area contributed by atoms with Gasteiger partial charge in [-0.05, 0) is 73.9 Å². The van der Waals surface area contributed by atoms with Crippen molar-refractivity contribution in [1.29, 1.82) is 0 Å². The van der Waals surface area contributed by atoms with Crippen LogP contribution in [-0.4, -0.2) is 0 Å². The molecule has 4 aromatic rings. The summed E-state index contributed by atoms with van der Waals surface area (Å²) in [5, 5.41) is 0.